The van der Waals surface area contributed by atoms with Crippen LogP contribution in [0.2, 0.25) is 0 Å². The van der Waals surface area contributed by atoms with Crippen molar-refractivity contribution in [3.63, 3.8) is 0 Å². The smallest absolute Gasteiger partial charge is 0.435 e. The largest absolute Gasteiger partial charge is 0.514 e. The van der Waals surface area contributed by atoms with Gasteiger partial charge >= 0.3 is 6.09 Å². The molecule has 6 nitrogen and oxygen atoms in total. The first-order chi connectivity index (χ1) is 10.7. The summed E-state index contributed by atoms with van der Waals surface area (Å²) < 4.78 is 0.121. The van der Waals surface area contributed by atoms with E-state index < -0.39 is 6.09 Å². The molecule has 1 aromatic rings. The quantitative estimate of drug-likeness (QED) is 0.838. The molecule has 23 heavy (non-hydrogen) atoms. The zero-order valence-electron chi connectivity index (χ0n) is 14.8. The van der Waals surface area contributed by atoms with Crippen LogP contribution < -0.4 is 5.32 Å². The summed E-state index contributed by atoms with van der Waals surface area (Å²) in [5.74, 6) is 0. The topological polar surface area (TPSA) is 65.5 Å². The monoisotopic (exact) mass is 321 g/mol. The van der Waals surface area contributed by atoms with Gasteiger partial charge in [0.25, 0.3) is 0 Å². The normalized spacial score (nSPS) is 26.0. The number of carboxylic acid groups (broad SMARTS) is 1. The van der Waals surface area contributed by atoms with Crippen LogP contribution in [0.5, 0.6) is 0 Å². The first kappa shape index (κ1) is 17.7. The minimum atomic E-state index is -0.721. The number of hydrogen-bond acceptors (Lipinski definition) is 4. The summed E-state index contributed by atoms with van der Waals surface area (Å²) in [5, 5.41) is 12.9. The molecule has 0 saturated carbocycles. The average Bonchev–Trinajstić information content (AvgIpc) is 2.46. The van der Waals surface area contributed by atoms with E-state index >= 15 is 0 Å². The molecular formula is C17H29N4O2+. The Morgan fingerprint density at radius 2 is 2.17 bits per heavy atom. The molecule has 1 saturated heterocycles. The van der Waals surface area contributed by atoms with Gasteiger partial charge in [-0.25, -0.2) is 4.48 Å². The van der Waals surface area contributed by atoms with Crippen LogP contribution in [0, 0.1) is 0 Å². The highest BCUT2D eigenvalue weighted by Crippen LogP contribution is 2.32. The van der Waals surface area contributed by atoms with Gasteiger partial charge in [0.15, 0.2) is 0 Å². The molecular weight excluding hydrogens is 292 g/mol. The molecule has 1 aliphatic heterocycles. The lowest BCUT2D eigenvalue weighted by molar-refractivity contribution is -0.929. The van der Waals surface area contributed by atoms with E-state index in [9.17, 15) is 9.90 Å². The summed E-state index contributed by atoms with van der Waals surface area (Å²) in [6, 6.07) is 4.08. The van der Waals surface area contributed by atoms with Crippen molar-refractivity contribution in [3.8, 4) is 0 Å². The van der Waals surface area contributed by atoms with Crippen molar-refractivity contribution in [2.75, 3.05) is 32.0 Å². The summed E-state index contributed by atoms with van der Waals surface area (Å²) >= 11 is 0. The molecule has 1 amide bonds. The van der Waals surface area contributed by atoms with Crippen molar-refractivity contribution < 1.29 is 14.4 Å². The van der Waals surface area contributed by atoms with Crippen LogP contribution in [0.4, 0.5) is 10.5 Å². The van der Waals surface area contributed by atoms with Crippen molar-refractivity contribution in [1.82, 2.24) is 9.88 Å². The maximum absolute atomic E-state index is 12.0. The molecule has 1 fully saturated rings. The van der Waals surface area contributed by atoms with Crippen LogP contribution in [-0.4, -0.2) is 63.8 Å². The van der Waals surface area contributed by atoms with Crippen molar-refractivity contribution in [3.05, 3.63) is 24.0 Å². The number of anilines is 1. The van der Waals surface area contributed by atoms with E-state index in [-0.39, 0.29) is 16.1 Å². The average molecular weight is 321 g/mol. The van der Waals surface area contributed by atoms with Gasteiger partial charge in [-0.2, -0.15) is 4.79 Å². The highest BCUT2D eigenvalue weighted by atomic mass is 16.4. The Morgan fingerprint density at radius 3 is 2.61 bits per heavy atom. The third-order valence-corrected chi connectivity index (χ3v) is 5.08. The van der Waals surface area contributed by atoms with Crippen LogP contribution in [0.3, 0.4) is 0 Å². The summed E-state index contributed by atoms with van der Waals surface area (Å²) in [7, 11) is 1.87. The second kappa shape index (κ2) is 6.45. The Morgan fingerprint density at radius 1 is 1.48 bits per heavy atom. The first-order valence-electron chi connectivity index (χ1n) is 8.17. The maximum atomic E-state index is 12.0. The highest BCUT2D eigenvalue weighted by molar-refractivity contribution is 5.58. The van der Waals surface area contributed by atoms with Gasteiger partial charge in [0.1, 0.15) is 18.1 Å². The molecule has 2 atom stereocenters. The number of amides is 1. The lowest BCUT2D eigenvalue weighted by Crippen LogP contribution is -2.73. The van der Waals surface area contributed by atoms with Gasteiger partial charge in [-0.15, -0.1) is 0 Å². The molecule has 2 heterocycles. The molecule has 0 aromatic carbocycles. The Balaban J connectivity index is 2.09. The van der Waals surface area contributed by atoms with Crippen molar-refractivity contribution in [2.45, 2.75) is 45.8 Å². The van der Waals surface area contributed by atoms with E-state index in [4.69, 9.17) is 0 Å². The predicted octanol–water partition coefficient (Wildman–Crippen LogP) is 2.62. The van der Waals surface area contributed by atoms with E-state index in [0.717, 1.165) is 31.0 Å². The van der Waals surface area contributed by atoms with Crippen LogP contribution >= 0.6 is 0 Å². The van der Waals surface area contributed by atoms with Crippen LogP contribution in [0.15, 0.2) is 18.3 Å². The summed E-state index contributed by atoms with van der Waals surface area (Å²) in [6.45, 7) is 11.0. The summed E-state index contributed by atoms with van der Waals surface area (Å²) in [4.78, 5) is 18.8. The zero-order chi connectivity index (χ0) is 17.3. The van der Waals surface area contributed by atoms with Gasteiger partial charge in [0.2, 0.25) is 0 Å². The Bertz CT molecular complexity index is 553. The number of nitrogens with one attached hydrogen (secondary N) is 1. The minimum absolute atomic E-state index is 0.0397. The second-order valence-electron chi connectivity index (χ2n) is 7.42. The molecule has 0 spiro atoms. The van der Waals surface area contributed by atoms with Crippen LogP contribution in [0.1, 0.15) is 33.4 Å². The SMILES string of the molecule is CNc1ccc(CN2CC[N+](C(=O)O)(C(C)(C)C)[C@@H](C)C2)nc1. The fourth-order valence-corrected chi connectivity index (χ4v) is 3.73. The molecule has 0 bridgehead atoms. The summed E-state index contributed by atoms with van der Waals surface area (Å²) in [5.41, 5.74) is 1.70. The molecule has 1 aliphatic rings. The minimum Gasteiger partial charge on any atom is -0.435 e. The number of pyridine rings is 1. The summed E-state index contributed by atoms with van der Waals surface area (Å²) in [6.07, 6.45) is 1.11. The van der Waals surface area contributed by atoms with Crippen LogP contribution in [-0.2, 0) is 6.54 Å². The van der Waals surface area contributed by atoms with Gasteiger partial charge in [0, 0.05) is 20.1 Å². The molecule has 1 unspecified atom stereocenters. The molecule has 128 valence electrons. The Hall–Kier alpha value is -1.66. The number of hydrogen-bond donors (Lipinski definition) is 2. The number of nitrogens with zero attached hydrogens (tertiary/aromatic N) is 3. The lowest BCUT2D eigenvalue weighted by atomic mass is 9.95. The Labute approximate surface area is 138 Å². The van der Waals surface area contributed by atoms with E-state index in [0.29, 0.717) is 6.54 Å². The highest BCUT2D eigenvalue weighted by Gasteiger charge is 2.54. The fourth-order valence-electron chi connectivity index (χ4n) is 3.73. The van der Waals surface area contributed by atoms with E-state index in [2.05, 4.69) is 15.2 Å². The van der Waals surface area contributed by atoms with Gasteiger partial charge in [-0.05, 0) is 39.8 Å². The number of aromatic nitrogens is 1. The number of quaternary nitrogens is 1. The number of carbonyl (C=O) groups is 1. The molecule has 0 aliphatic carbocycles. The van der Waals surface area contributed by atoms with Gasteiger partial charge in [-0.1, -0.05) is 0 Å². The fraction of sp³-hybridized carbons (Fsp3) is 0.647. The van der Waals surface area contributed by atoms with E-state index in [1.165, 1.54) is 0 Å². The van der Waals surface area contributed by atoms with Crippen LogP contribution in [0.25, 0.3) is 0 Å². The molecule has 1 aromatic heterocycles. The molecule has 2 N–H and O–H groups in total. The molecule has 2 rings (SSSR count). The third-order valence-electron chi connectivity index (χ3n) is 5.08. The predicted molar refractivity (Wildman–Crippen MR) is 91.4 cm³/mol. The number of piperazine rings is 1. The number of rotatable bonds is 3. The Kier molecular flexibility index (Phi) is 4.96. The van der Waals surface area contributed by atoms with Gasteiger partial charge in [-0.3, -0.25) is 9.88 Å². The van der Waals surface area contributed by atoms with Gasteiger partial charge < -0.3 is 10.4 Å². The van der Waals surface area contributed by atoms with Crippen molar-refractivity contribution >= 4 is 11.8 Å². The lowest BCUT2D eigenvalue weighted by Gasteiger charge is -2.52. The standard InChI is InChI=1S/C17H28N4O2/c1-13-11-20(12-15-7-6-14(18-5)10-19-15)8-9-21(13,16(22)23)17(2,3)4/h6-7,10,13,18H,8-9,11-12H2,1-5H3/p+1/t13-,21?/m0/s1. The zero-order valence-corrected chi connectivity index (χ0v) is 14.8. The van der Waals surface area contributed by atoms with Gasteiger partial charge in [0.05, 0.1) is 24.1 Å². The molecule has 0 radical (unpaired) electrons. The first-order valence-corrected chi connectivity index (χ1v) is 8.17. The van der Waals surface area contributed by atoms with E-state index in [1.807, 2.05) is 53.1 Å². The third kappa shape index (κ3) is 3.33. The van der Waals surface area contributed by atoms with Crippen molar-refractivity contribution in [2.24, 2.45) is 0 Å². The maximum Gasteiger partial charge on any atom is 0.514 e. The van der Waals surface area contributed by atoms with E-state index in [1.54, 1.807) is 0 Å². The molecule has 6 heteroatoms. The van der Waals surface area contributed by atoms with Crippen molar-refractivity contribution in [1.29, 1.82) is 0 Å². The second-order valence-corrected chi connectivity index (χ2v) is 7.42.